The fourth-order valence-corrected chi connectivity index (χ4v) is 4.59. The maximum absolute atomic E-state index is 13.0. The van der Waals surface area contributed by atoms with E-state index in [1.54, 1.807) is 0 Å². The summed E-state index contributed by atoms with van der Waals surface area (Å²) < 4.78 is 44.3. The number of alkyl halides is 3. The van der Waals surface area contributed by atoms with Gasteiger partial charge in [-0.3, -0.25) is 14.5 Å². The number of amides is 2. The van der Waals surface area contributed by atoms with Crippen molar-refractivity contribution < 1.29 is 27.3 Å². The number of benzene rings is 2. The Kier molecular flexibility index (Phi) is 8.69. The van der Waals surface area contributed by atoms with E-state index in [0.717, 1.165) is 17.7 Å². The van der Waals surface area contributed by atoms with Crippen LogP contribution in [-0.2, 0) is 22.3 Å². The second kappa shape index (κ2) is 12.0. The van der Waals surface area contributed by atoms with Gasteiger partial charge in [0.15, 0.2) is 0 Å². The molecule has 1 aliphatic heterocycles. The van der Waals surface area contributed by atoms with Crippen LogP contribution in [0.2, 0.25) is 0 Å². The number of hydrogen-bond donors (Lipinski definition) is 1. The van der Waals surface area contributed by atoms with Gasteiger partial charge in [-0.1, -0.05) is 49.3 Å². The molecule has 0 saturated carbocycles. The molecule has 1 saturated heterocycles. The third-order valence-corrected chi connectivity index (χ3v) is 6.55. The molecule has 8 nitrogen and oxygen atoms in total. The van der Waals surface area contributed by atoms with Crippen molar-refractivity contribution in [3.05, 3.63) is 59.7 Å². The number of nitrogens with zero attached hydrogens (tertiary/aromatic N) is 4. The van der Waals surface area contributed by atoms with Crippen LogP contribution in [-0.4, -0.2) is 64.0 Å². The Bertz CT molecular complexity index is 1280. The van der Waals surface area contributed by atoms with Gasteiger partial charge >= 0.3 is 6.18 Å². The number of aromatic nitrogens is 2. The van der Waals surface area contributed by atoms with Crippen LogP contribution in [0.3, 0.4) is 0 Å². The first-order valence-corrected chi connectivity index (χ1v) is 12.9. The molecule has 3 aromatic rings. The summed E-state index contributed by atoms with van der Waals surface area (Å²) in [7, 11) is 0. The van der Waals surface area contributed by atoms with Crippen LogP contribution >= 0.6 is 0 Å². The molecule has 1 aromatic heterocycles. The minimum Gasteiger partial charge on any atom is -0.345 e. The Morgan fingerprint density at radius 2 is 1.72 bits per heavy atom. The van der Waals surface area contributed by atoms with Crippen molar-refractivity contribution in [1.82, 2.24) is 25.3 Å². The highest BCUT2D eigenvalue weighted by atomic mass is 19.4. The number of nitrogens with one attached hydrogen (secondary N) is 1. The summed E-state index contributed by atoms with van der Waals surface area (Å²) in [5.74, 6) is 0.351. The predicted molar refractivity (Wildman–Crippen MR) is 139 cm³/mol. The molecule has 1 N–H and O–H groups in total. The molecule has 1 fully saturated rings. The molecule has 0 bridgehead atoms. The van der Waals surface area contributed by atoms with Gasteiger partial charge in [-0.2, -0.15) is 18.2 Å². The van der Waals surface area contributed by atoms with E-state index in [0.29, 0.717) is 44.7 Å². The van der Waals surface area contributed by atoms with Crippen molar-refractivity contribution in [3.63, 3.8) is 0 Å². The van der Waals surface area contributed by atoms with Crippen LogP contribution in [0.25, 0.3) is 22.8 Å². The molecule has 1 atom stereocenters. The highest BCUT2D eigenvalue weighted by molar-refractivity contribution is 5.87. The molecule has 39 heavy (non-hydrogen) atoms. The van der Waals surface area contributed by atoms with Crippen LogP contribution < -0.4 is 5.32 Å². The number of carbonyl (C=O) groups is 2. The summed E-state index contributed by atoms with van der Waals surface area (Å²) in [6.07, 6.45) is -3.85. The van der Waals surface area contributed by atoms with Gasteiger partial charge in [0.2, 0.25) is 17.6 Å². The lowest BCUT2D eigenvalue weighted by atomic mass is 10.0. The number of hydrogen-bond acceptors (Lipinski definition) is 6. The van der Waals surface area contributed by atoms with Gasteiger partial charge in [0, 0.05) is 50.8 Å². The zero-order valence-electron chi connectivity index (χ0n) is 22.2. The Hall–Kier alpha value is -3.73. The summed E-state index contributed by atoms with van der Waals surface area (Å²) in [6.45, 7) is 8.79. The zero-order chi connectivity index (χ0) is 28.2. The largest absolute Gasteiger partial charge is 0.416 e. The molecule has 2 aromatic carbocycles. The topological polar surface area (TPSA) is 91.6 Å². The van der Waals surface area contributed by atoms with E-state index in [-0.39, 0.29) is 35.0 Å². The monoisotopic (exact) mass is 543 g/mol. The maximum Gasteiger partial charge on any atom is 0.416 e. The number of piperazine rings is 1. The summed E-state index contributed by atoms with van der Waals surface area (Å²) in [6, 6.07) is 11.9. The summed E-state index contributed by atoms with van der Waals surface area (Å²) >= 11 is 0. The first-order chi connectivity index (χ1) is 18.5. The number of carbonyl (C=O) groups excluding carboxylic acids is 2. The third-order valence-electron chi connectivity index (χ3n) is 6.55. The van der Waals surface area contributed by atoms with Crippen LogP contribution in [0.4, 0.5) is 13.2 Å². The fraction of sp³-hybridized carbons (Fsp3) is 0.429. The molecule has 0 aliphatic carbocycles. The van der Waals surface area contributed by atoms with E-state index in [2.05, 4.69) is 20.4 Å². The van der Waals surface area contributed by atoms with Gasteiger partial charge in [0.05, 0.1) is 5.56 Å². The van der Waals surface area contributed by atoms with Crippen molar-refractivity contribution in [2.45, 2.75) is 46.0 Å². The lowest BCUT2D eigenvalue weighted by molar-refractivity contribution is -0.138. The Morgan fingerprint density at radius 1 is 1.03 bits per heavy atom. The quantitative estimate of drug-likeness (QED) is 0.446. The fourth-order valence-electron chi connectivity index (χ4n) is 4.59. The van der Waals surface area contributed by atoms with E-state index < -0.39 is 17.8 Å². The molecular weight excluding hydrogens is 511 g/mol. The van der Waals surface area contributed by atoms with Gasteiger partial charge in [-0.05, 0) is 36.1 Å². The average Bonchev–Trinajstić information content (AvgIpc) is 3.38. The van der Waals surface area contributed by atoms with E-state index in [4.69, 9.17) is 4.52 Å². The van der Waals surface area contributed by atoms with Crippen LogP contribution in [0.15, 0.2) is 53.1 Å². The first-order valence-electron chi connectivity index (χ1n) is 12.9. The Morgan fingerprint density at radius 3 is 2.33 bits per heavy atom. The first kappa shape index (κ1) is 28.3. The van der Waals surface area contributed by atoms with E-state index in [1.165, 1.54) is 19.1 Å². The molecule has 208 valence electrons. The summed E-state index contributed by atoms with van der Waals surface area (Å²) in [4.78, 5) is 32.9. The van der Waals surface area contributed by atoms with Crippen molar-refractivity contribution >= 4 is 11.8 Å². The van der Waals surface area contributed by atoms with Gasteiger partial charge in [0.25, 0.3) is 5.89 Å². The number of rotatable bonds is 8. The predicted octanol–water partition coefficient (Wildman–Crippen LogP) is 4.62. The van der Waals surface area contributed by atoms with E-state index in [1.807, 2.05) is 43.0 Å². The van der Waals surface area contributed by atoms with Crippen LogP contribution in [0, 0.1) is 5.92 Å². The minimum absolute atomic E-state index is 0.0155. The normalized spacial score (nSPS) is 15.4. The Labute approximate surface area is 225 Å². The molecule has 0 unspecified atom stereocenters. The zero-order valence-corrected chi connectivity index (χ0v) is 22.2. The average molecular weight is 544 g/mol. The lowest BCUT2D eigenvalue weighted by Gasteiger charge is -2.36. The molecule has 2 heterocycles. The summed E-state index contributed by atoms with van der Waals surface area (Å²) in [5.41, 5.74) is 1.17. The van der Waals surface area contributed by atoms with Gasteiger partial charge < -0.3 is 14.7 Å². The van der Waals surface area contributed by atoms with Gasteiger partial charge in [-0.25, -0.2) is 0 Å². The molecule has 0 spiro atoms. The highest BCUT2D eigenvalue weighted by Gasteiger charge is 2.31. The van der Waals surface area contributed by atoms with Crippen molar-refractivity contribution in [3.8, 4) is 22.8 Å². The van der Waals surface area contributed by atoms with Gasteiger partial charge in [-0.15, -0.1) is 0 Å². The number of halogens is 3. The smallest absolute Gasteiger partial charge is 0.345 e. The van der Waals surface area contributed by atoms with Crippen LogP contribution in [0.1, 0.15) is 38.3 Å². The van der Waals surface area contributed by atoms with Crippen molar-refractivity contribution in [2.75, 3.05) is 26.2 Å². The maximum atomic E-state index is 13.0. The second-order valence-corrected chi connectivity index (χ2v) is 10.2. The SMILES string of the molecule is CC(=O)N[C@@H](CC(C)C)C(=O)N1CCN(Cc2ccc(-c3noc(-c4cccc(C(F)(F)F)c4)n3)cc2)CC1. The van der Waals surface area contributed by atoms with Crippen molar-refractivity contribution in [1.29, 1.82) is 0 Å². The highest BCUT2D eigenvalue weighted by Crippen LogP contribution is 2.32. The summed E-state index contributed by atoms with van der Waals surface area (Å²) in [5, 5.41) is 6.72. The van der Waals surface area contributed by atoms with Crippen LogP contribution in [0.5, 0.6) is 0 Å². The minimum atomic E-state index is -4.46. The molecule has 4 rings (SSSR count). The van der Waals surface area contributed by atoms with E-state index >= 15 is 0 Å². The Balaban J connectivity index is 1.33. The molecule has 1 aliphatic rings. The lowest BCUT2D eigenvalue weighted by Crippen LogP contribution is -2.54. The molecule has 11 heteroatoms. The van der Waals surface area contributed by atoms with Gasteiger partial charge in [0.1, 0.15) is 6.04 Å². The standard InChI is InChI=1S/C28H32F3N5O3/c1-18(2)15-24(32-19(3)37)27(38)36-13-11-35(12-14-36)17-20-7-9-21(10-8-20)25-33-26(39-34-25)22-5-4-6-23(16-22)28(29,30)31/h4-10,16,18,24H,11-15,17H2,1-3H3,(H,32,37)/t24-/m0/s1. The molecule has 2 amide bonds. The second-order valence-electron chi connectivity index (χ2n) is 10.2. The third kappa shape index (κ3) is 7.44. The molecule has 0 radical (unpaired) electrons. The van der Waals surface area contributed by atoms with E-state index in [9.17, 15) is 22.8 Å². The van der Waals surface area contributed by atoms with Crippen molar-refractivity contribution in [2.24, 2.45) is 5.92 Å². The molecular formula is C28H32F3N5O3.